The Morgan fingerprint density at radius 1 is 1.35 bits per heavy atom. The number of rotatable bonds is 3. The summed E-state index contributed by atoms with van der Waals surface area (Å²) >= 11 is 0. The molecule has 0 spiro atoms. The van der Waals surface area contributed by atoms with Crippen LogP contribution in [0.1, 0.15) is 11.7 Å². The standard InChI is InChI=1S/C14H21NO2/c1-15-8-9-17-14(13(10-15)11-16-2)12-6-4-3-5-7-12/h3-7,13-14H,8-11H2,1-2H3/t13-,14-/m1/s1. The second kappa shape index (κ2) is 6.15. The Morgan fingerprint density at radius 3 is 2.82 bits per heavy atom. The van der Waals surface area contributed by atoms with E-state index in [1.54, 1.807) is 7.11 Å². The number of hydrogen-bond donors (Lipinski definition) is 0. The third-order valence-electron chi connectivity index (χ3n) is 3.25. The van der Waals surface area contributed by atoms with Gasteiger partial charge < -0.3 is 14.4 Å². The van der Waals surface area contributed by atoms with Crippen LogP contribution >= 0.6 is 0 Å². The molecule has 1 fully saturated rings. The Bertz CT molecular complexity index is 328. The summed E-state index contributed by atoms with van der Waals surface area (Å²) in [6.45, 7) is 3.54. The van der Waals surface area contributed by atoms with Gasteiger partial charge in [-0.1, -0.05) is 30.3 Å². The van der Waals surface area contributed by atoms with Crippen LogP contribution in [0.15, 0.2) is 30.3 Å². The third-order valence-corrected chi connectivity index (χ3v) is 3.25. The van der Waals surface area contributed by atoms with E-state index in [0.717, 1.165) is 26.3 Å². The van der Waals surface area contributed by atoms with Crippen molar-refractivity contribution in [1.29, 1.82) is 0 Å². The molecule has 2 rings (SSSR count). The predicted molar refractivity (Wildman–Crippen MR) is 68.0 cm³/mol. The van der Waals surface area contributed by atoms with Crippen LogP contribution < -0.4 is 0 Å². The molecule has 0 bridgehead atoms. The van der Waals surface area contributed by atoms with Crippen molar-refractivity contribution in [3.8, 4) is 0 Å². The van der Waals surface area contributed by atoms with Gasteiger partial charge >= 0.3 is 0 Å². The van der Waals surface area contributed by atoms with E-state index in [4.69, 9.17) is 9.47 Å². The molecule has 1 heterocycles. The minimum atomic E-state index is 0.154. The molecule has 1 aliphatic rings. The van der Waals surface area contributed by atoms with Crippen LogP contribution in [0.3, 0.4) is 0 Å². The summed E-state index contributed by atoms with van der Waals surface area (Å²) in [7, 11) is 3.90. The highest BCUT2D eigenvalue weighted by atomic mass is 16.5. The van der Waals surface area contributed by atoms with E-state index >= 15 is 0 Å². The second-order valence-electron chi connectivity index (χ2n) is 4.68. The molecule has 2 atom stereocenters. The minimum absolute atomic E-state index is 0.154. The number of benzene rings is 1. The van der Waals surface area contributed by atoms with Crippen LogP contribution in [0.2, 0.25) is 0 Å². The first-order chi connectivity index (χ1) is 8.31. The molecule has 0 unspecified atom stereocenters. The molecule has 0 amide bonds. The molecule has 17 heavy (non-hydrogen) atoms. The van der Waals surface area contributed by atoms with Gasteiger partial charge in [-0.25, -0.2) is 0 Å². The molecule has 1 aliphatic heterocycles. The molecule has 0 N–H and O–H groups in total. The average Bonchev–Trinajstić information content (AvgIpc) is 2.52. The van der Waals surface area contributed by atoms with Crippen LogP contribution in [0.25, 0.3) is 0 Å². The van der Waals surface area contributed by atoms with Gasteiger partial charge in [0, 0.05) is 26.1 Å². The number of methoxy groups -OCH3 is 1. The topological polar surface area (TPSA) is 21.7 Å². The lowest BCUT2D eigenvalue weighted by molar-refractivity contribution is 0.00219. The van der Waals surface area contributed by atoms with E-state index in [1.165, 1.54) is 5.56 Å². The largest absolute Gasteiger partial charge is 0.384 e. The number of nitrogens with zero attached hydrogens (tertiary/aromatic N) is 1. The first kappa shape index (κ1) is 12.6. The Labute approximate surface area is 103 Å². The van der Waals surface area contributed by atoms with Crippen molar-refractivity contribution in [2.45, 2.75) is 6.10 Å². The molecule has 0 saturated carbocycles. The second-order valence-corrected chi connectivity index (χ2v) is 4.68. The Hall–Kier alpha value is -0.900. The molecule has 0 radical (unpaired) electrons. The van der Waals surface area contributed by atoms with Crippen LogP contribution in [0.4, 0.5) is 0 Å². The number of likely N-dealkylation sites (N-methyl/N-ethyl adjacent to an activating group) is 1. The highest BCUT2D eigenvalue weighted by Crippen LogP contribution is 2.28. The van der Waals surface area contributed by atoms with E-state index in [9.17, 15) is 0 Å². The molecule has 94 valence electrons. The zero-order chi connectivity index (χ0) is 12.1. The summed E-state index contributed by atoms with van der Waals surface area (Å²) in [5.74, 6) is 0.398. The van der Waals surface area contributed by atoms with Gasteiger partial charge in [0.25, 0.3) is 0 Å². The maximum absolute atomic E-state index is 6.00. The number of hydrogen-bond acceptors (Lipinski definition) is 3. The molecule has 0 aromatic heterocycles. The summed E-state index contributed by atoms with van der Waals surface area (Å²) in [4.78, 5) is 2.31. The SMILES string of the molecule is COC[C@H]1CN(C)CCO[C@@H]1c1ccccc1. The Kier molecular flexibility index (Phi) is 4.54. The van der Waals surface area contributed by atoms with E-state index in [0.29, 0.717) is 5.92 Å². The fraction of sp³-hybridized carbons (Fsp3) is 0.571. The minimum Gasteiger partial charge on any atom is -0.384 e. The van der Waals surface area contributed by atoms with Gasteiger partial charge in [0.1, 0.15) is 0 Å². The van der Waals surface area contributed by atoms with E-state index in [1.807, 2.05) is 6.07 Å². The lowest BCUT2D eigenvalue weighted by atomic mass is 9.96. The summed E-state index contributed by atoms with van der Waals surface area (Å²) in [5, 5.41) is 0. The monoisotopic (exact) mass is 235 g/mol. The quantitative estimate of drug-likeness (QED) is 0.799. The van der Waals surface area contributed by atoms with Crippen molar-refractivity contribution in [2.24, 2.45) is 5.92 Å². The van der Waals surface area contributed by atoms with Crippen molar-refractivity contribution in [2.75, 3.05) is 40.5 Å². The van der Waals surface area contributed by atoms with Crippen molar-refractivity contribution in [1.82, 2.24) is 4.90 Å². The molecule has 0 aliphatic carbocycles. The summed E-state index contributed by atoms with van der Waals surface area (Å²) in [6.07, 6.45) is 0.154. The fourth-order valence-corrected chi connectivity index (χ4v) is 2.42. The van der Waals surface area contributed by atoms with Gasteiger partial charge in [0.2, 0.25) is 0 Å². The van der Waals surface area contributed by atoms with E-state index < -0.39 is 0 Å². The maximum atomic E-state index is 6.00. The van der Waals surface area contributed by atoms with Gasteiger partial charge in [-0.15, -0.1) is 0 Å². The lowest BCUT2D eigenvalue weighted by Crippen LogP contribution is -2.29. The maximum Gasteiger partial charge on any atom is 0.0888 e. The number of ether oxygens (including phenoxy) is 2. The predicted octanol–water partition coefficient (Wildman–Crippen LogP) is 1.95. The van der Waals surface area contributed by atoms with E-state index in [-0.39, 0.29) is 6.10 Å². The lowest BCUT2D eigenvalue weighted by Gasteiger charge is -2.25. The molecule has 1 aromatic carbocycles. The van der Waals surface area contributed by atoms with Crippen molar-refractivity contribution < 1.29 is 9.47 Å². The Morgan fingerprint density at radius 2 is 2.12 bits per heavy atom. The summed E-state index contributed by atoms with van der Waals surface area (Å²) in [6, 6.07) is 10.4. The molecule has 1 aromatic rings. The average molecular weight is 235 g/mol. The Balaban J connectivity index is 2.16. The third kappa shape index (κ3) is 3.28. The van der Waals surface area contributed by atoms with Gasteiger partial charge in [-0.3, -0.25) is 0 Å². The highest BCUT2D eigenvalue weighted by molar-refractivity contribution is 5.18. The van der Waals surface area contributed by atoms with Crippen LogP contribution in [-0.2, 0) is 9.47 Å². The van der Waals surface area contributed by atoms with Crippen LogP contribution in [0.5, 0.6) is 0 Å². The van der Waals surface area contributed by atoms with Crippen LogP contribution in [-0.4, -0.2) is 45.4 Å². The zero-order valence-electron chi connectivity index (χ0n) is 10.6. The van der Waals surface area contributed by atoms with E-state index in [2.05, 4.69) is 36.2 Å². The van der Waals surface area contributed by atoms with Gasteiger partial charge in [-0.2, -0.15) is 0 Å². The highest BCUT2D eigenvalue weighted by Gasteiger charge is 2.27. The van der Waals surface area contributed by atoms with Crippen molar-refractivity contribution >= 4 is 0 Å². The molecule has 3 heteroatoms. The van der Waals surface area contributed by atoms with Gasteiger partial charge in [0.15, 0.2) is 0 Å². The zero-order valence-corrected chi connectivity index (χ0v) is 10.6. The molecular formula is C14H21NO2. The molecule has 3 nitrogen and oxygen atoms in total. The molecule has 1 saturated heterocycles. The van der Waals surface area contributed by atoms with Crippen molar-refractivity contribution in [3.63, 3.8) is 0 Å². The summed E-state index contributed by atoms with van der Waals surface area (Å²) < 4.78 is 11.3. The van der Waals surface area contributed by atoms with Crippen molar-refractivity contribution in [3.05, 3.63) is 35.9 Å². The van der Waals surface area contributed by atoms with Gasteiger partial charge in [-0.05, 0) is 12.6 Å². The normalized spacial score (nSPS) is 26.7. The summed E-state index contributed by atoms with van der Waals surface area (Å²) in [5.41, 5.74) is 1.25. The smallest absolute Gasteiger partial charge is 0.0888 e. The van der Waals surface area contributed by atoms with Crippen LogP contribution in [0, 0.1) is 5.92 Å². The first-order valence-electron chi connectivity index (χ1n) is 6.15. The fourth-order valence-electron chi connectivity index (χ4n) is 2.42. The molecular weight excluding hydrogens is 214 g/mol. The first-order valence-corrected chi connectivity index (χ1v) is 6.15. The van der Waals surface area contributed by atoms with Gasteiger partial charge in [0.05, 0.1) is 19.3 Å².